The van der Waals surface area contributed by atoms with Crippen molar-refractivity contribution >= 4 is 54.6 Å². The molecule has 4 heterocycles. The van der Waals surface area contributed by atoms with Gasteiger partial charge in [0, 0.05) is 50.1 Å². The van der Waals surface area contributed by atoms with Crippen LogP contribution in [0.4, 0.5) is 0 Å². The fourth-order valence-electron chi connectivity index (χ4n) is 8.15. The molecule has 0 bridgehead atoms. The maximum atomic E-state index is 5.55. The van der Waals surface area contributed by atoms with Crippen LogP contribution in [-0.4, -0.2) is 24.1 Å². The number of aromatic amines is 1. The Kier molecular flexibility index (Phi) is 6.48. The number of pyridine rings is 1. The number of H-pyrrole nitrogens is 1. The maximum Gasteiger partial charge on any atom is 0.147 e. The summed E-state index contributed by atoms with van der Waals surface area (Å²) < 4.78 is 4.57. The third-order valence-corrected chi connectivity index (χ3v) is 10.5. The molecular weight excluding hydrogens is 647 g/mol. The fraction of sp³-hybridized carbons (Fsp3) is 0. The zero-order chi connectivity index (χ0) is 34.9. The summed E-state index contributed by atoms with van der Waals surface area (Å²) in [6.07, 6.45) is 1.86. The van der Waals surface area contributed by atoms with Crippen molar-refractivity contribution in [2.75, 3.05) is 0 Å². The zero-order valence-corrected chi connectivity index (χ0v) is 28.6. The van der Waals surface area contributed by atoms with Gasteiger partial charge in [-0.2, -0.15) is 0 Å². The van der Waals surface area contributed by atoms with E-state index in [1.54, 1.807) is 0 Å². The van der Waals surface area contributed by atoms with Crippen LogP contribution < -0.4 is 0 Å². The molecule has 11 rings (SSSR count). The minimum absolute atomic E-state index is 0.891. The van der Waals surface area contributed by atoms with Crippen molar-refractivity contribution in [3.8, 4) is 45.1 Å². The van der Waals surface area contributed by atoms with E-state index >= 15 is 0 Å². The molecule has 0 radical (unpaired) electrons. The molecule has 5 nitrogen and oxygen atoms in total. The van der Waals surface area contributed by atoms with Gasteiger partial charge >= 0.3 is 0 Å². The number of hydrogen-bond acceptors (Lipinski definition) is 2. The Morgan fingerprint density at radius 2 is 1.13 bits per heavy atom. The highest BCUT2D eigenvalue weighted by Gasteiger charge is 2.21. The van der Waals surface area contributed by atoms with Gasteiger partial charge in [0.2, 0.25) is 0 Å². The Bertz CT molecular complexity index is 3150. The van der Waals surface area contributed by atoms with Gasteiger partial charge in [0.25, 0.3) is 0 Å². The van der Waals surface area contributed by atoms with Crippen LogP contribution in [0.3, 0.4) is 0 Å². The van der Waals surface area contributed by atoms with Crippen molar-refractivity contribution in [3.05, 3.63) is 182 Å². The van der Waals surface area contributed by atoms with E-state index in [0.717, 1.165) is 67.1 Å². The molecule has 0 spiro atoms. The highest BCUT2D eigenvalue weighted by Crippen LogP contribution is 2.40. The average molecular weight is 678 g/mol. The molecule has 0 atom stereocenters. The summed E-state index contributed by atoms with van der Waals surface area (Å²) in [6.45, 7) is 0. The van der Waals surface area contributed by atoms with Crippen LogP contribution in [0.15, 0.2) is 182 Å². The van der Waals surface area contributed by atoms with Crippen molar-refractivity contribution in [3.63, 3.8) is 0 Å². The summed E-state index contributed by atoms with van der Waals surface area (Å²) in [5.41, 5.74) is 13.1. The van der Waals surface area contributed by atoms with Crippen molar-refractivity contribution in [2.45, 2.75) is 0 Å². The second-order valence-electron chi connectivity index (χ2n) is 13.5. The Labute approximate surface area is 305 Å². The first-order valence-corrected chi connectivity index (χ1v) is 17.9. The average Bonchev–Trinajstić information content (AvgIpc) is 3.91. The monoisotopic (exact) mass is 677 g/mol. The molecule has 248 valence electrons. The van der Waals surface area contributed by atoms with Gasteiger partial charge in [-0.1, -0.05) is 121 Å². The van der Waals surface area contributed by atoms with Crippen LogP contribution >= 0.6 is 0 Å². The van der Waals surface area contributed by atoms with Crippen LogP contribution in [0.1, 0.15) is 0 Å². The van der Waals surface area contributed by atoms with Gasteiger partial charge in [-0.05, 0) is 71.3 Å². The van der Waals surface area contributed by atoms with Gasteiger partial charge in [0.1, 0.15) is 11.6 Å². The largest absolute Gasteiger partial charge is 0.354 e. The van der Waals surface area contributed by atoms with E-state index in [4.69, 9.17) is 9.97 Å². The van der Waals surface area contributed by atoms with E-state index in [9.17, 15) is 0 Å². The molecule has 53 heavy (non-hydrogen) atoms. The van der Waals surface area contributed by atoms with Gasteiger partial charge < -0.3 is 4.98 Å². The normalized spacial score (nSPS) is 11.8. The highest BCUT2D eigenvalue weighted by atomic mass is 15.1. The molecule has 0 saturated heterocycles. The number of nitrogens with one attached hydrogen (secondary N) is 1. The molecule has 1 N–H and O–H groups in total. The Balaban J connectivity index is 1.15. The lowest BCUT2D eigenvalue weighted by Gasteiger charge is -2.11. The smallest absolute Gasteiger partial charge is 0.147 e. The van der Waals surface area contributed by atoms with Gasteiger partial charge in [-0.15, -0.1) is 0 Å². The number of benzene rings is 7. The standard InChI is InChI=1S/C48H31N5/c1-3-13-31(14-4-1)32-24-26-36-39-19-11-20-40(46(39)50-41(36)29-32)48-51-47-35(18-12-22-43(47)52(48)34-15-5-2-6-16-34)33-25-27-38-37-17-7-8-21-42(37)53(44(38)30-33)45-23-9-10-28-49-45/h1-30,50H. The van der Waals surface area contributed by atoms with Crippen LogP contribution in [0.5, 0.6) is 0 Å². The van der Waals surface area contributed by atoms with Crippen LogP contribution in [0, 0.1) is 0 Å². The molecule has 4 aromatic heterocycles. The van der Waals surface area contributed by atoms with Crippen molar-refractivity contribution in [2.24, 2.45) is 0 Å². The summed E-state index contributed by atoms with van der Waals surface area (Å²) in [5, 5.41) is 4.77. The summed E-state index contributed by atoms with van der Waals surface area (Å²) in [7, 11) is 0. The predicted molar refractivity (Wildman–Crippen MR) is 219 cm³/mol. The van der Waals surface area contributed by atoms with E-state index in [0.29, 0.717) is 0 Å². The van der Waals surface area contributed by atoms with E-state index in [1.165, 1.54) is 32.7 Å². The van der Waals surface area contributed by atoms with E-state index < -0.39 is 0 Å². The molecule has 7 aromatic carbocycles. The summed E-state index contributed by atoms with van der Waals surface area (Å²) in [5.74, 6) is 1.79. The number of aromatic nitrogens is 5. The molecule has 0 amide bonds. The molecule has 5 heteroatoms. The van der Waals surface area contributed by atoms with Crippen molar-refractivity contribution < 1.29 is 0 Å². The predicted octanol–water partition coefficient (Wildman–Crippen LogP) is 12.2. The van der Waals surface area contributed by atoms with Crippen LogP contribution in [0.25, 0.3) is 99.8 Å². The lowest BCUT2D eigenvalue weighted by molar-refractivity contribution is 1.08. The molecule has 11 aromatic rings. The second kappa shape index (κ2) is 11.7. The number of hydrogen-bond donors (Lipinski definition) is 1. The molecule has 0 aliphatic rings. The zero-order valence-electron chi connectivity index (χ0n) is 28.6. The third-order valence-electron chi connectivity index (χ3n) is 10.5. The fourth-order valence-corrected chi connectivity index (χ4v) is 8.15. The van der Waals surface area contributed by atoms with Crippen LogP contribution in [0.2, 0.25) is 0 Å². The summed E-state index contributed by atoms with van der Waals surface area (Å²) in [4.78, 5) is 14.1. The topological polar surface area (TPSA) is 51.4 Å². The molecule has 0 aliphatic heterocycles. The number of nitrogens with zero attached hydrogens (tertiary/aromatic N) is 4. The summed E-state index contributed by atoms with van der Waals surface area (Å²) >= 11 is 0. The first-order valence-electron chi connectivity index (χ1n) is 17.9. The molecule has 0 aliphatic carbocycles. The van der Waals surface area contributed by atoms with Gasteiger partial charge in [0.15, 0.2) is 0 Å². The Morgan fingerprint density at radius 1 is 0.434 bits per heavy atom. The van der Waals surface area contributed by atoms with E-state index in [2.05, 4.69) is 178 Å². The third kappa shape index (κ3) is 4.57. The van der Waals surface area contributed by atoms with Gasteiger partial charge in [-0.25, -0.2) is 9.97 Å². The summed E-state index contributed by atoms with van der Waals surface area (Å²) in [6, 6.07) is 62.3. The van der Waals surface area contributed by atoms with Crippen LogP contribution in [-0.2, 0) is 0 Å². The minimum atomic E-state index is 0.891. The van der Waals surface area contributed by atoms with E-state index in [1.807, 2.05) is 18.3 Å². The highest BCUT2D eigenvalue weighted by molar-refractivity contribution is 6.13. The molecular formula is C48H31N5. The lowest BCUT2D eigenvalue weighted by Crippen LogP contribution is -1.97. The lowest BCUT2D eigenvalue weighted by atomic mass is 10.0. The first kappa shape index (κ1) is 29.5. The number of imidazole rings is 1. The number of fused-ring (bicyclic) bond motifs is 7. The molecule has 0 saturated carbocycles. The van der Waals surface area contributed by atoms with Gasteiger partial charge in [0.05, 0.1) is 27.6 Å². The van der Waals surface area contributed by atoms with E-state index in [-0.39, 0.29) is 0 Å². The first-order chi connectivity index (χ1) is 26.3. The Morgan fingerprint density at radius 3 is 2.00 bits per heavy atom. The SMILES string of the molecule is c1ccc(-c2ccc3c(c2)[nH]c2c(-c4nc5c(-c6ccc7c8ccccc8n(-c8ccccn8)c7c6)cccc5n4-c4ccccc4)cccc23)cc1. The minimum Gasteiger partial charge on any atom is -0.354 e. The quantitative estimate of drug-likeness (QED) is 0.197. The van der Waals surface area contributed by atoms with Gasteiger partial charge in [-0.3, -0.25) is 9.13 Å². The Hall–Kier alpha value is -7.24. The van der Waals surface area contributed by atoms with Crippen molar-refractivity contribution in [1.29, 1.82) is 0 Å². The van der Waals surface area contributed by atoms with Crippen molar-refractivity contribution in [1.82, 2.24) is 24.1 Å². The number of para-hydroxylation sites is 4. The maximum absolute atomic E-state index is 5.55. The number of rotatable bonds is 5. The molecule has 0 fully saturated rings. The molecule has 0 unspecified atom stereocenters. The second-order valence-corrected chi connectivity index (χ2v) is 13.5.